The number of benzene rings is 2. The third-order valence-corrected chi connectivity index (χ3v) is 4.74. The number of nitro benzene ring substituents is 1. The molecule has 2 aromatic rings. The van der Waals surface area contributed by atoms with Gasteiger partial charge in [-0.3, -0.25) is 15.0 Å². The summed E-state index contributed by atoms with van der Waals surface area (Å²) in [6.45, 7) is 3.13. The minimum atomic E-state index is -0.418. The van der Waals surface area contributed by atoms with Gasteiger partial charge >= 0.3 is 5.69 Å². The third-order valence-electron chi connectivity index (χ3n) is 4.74. The van der Waals surface area contributed by atoms with E-state index < -0.39 is 4.92 Å². The predicted octanol–water partition coefficient (Wildman–Crippen LogP) is 3.86. The molecular formula is C20H25ClN2O5. The van der Waals surface area contributed by atoms with Crippen molar-refractivity contribution in [3.8, 4) is 17.2 Å². The first kappa shape index (κ1) is 21.8. The second kappa shape index (κ2) is 10.1. The van der Waals surface area contributed by atoms with Crippen LogP contribution in [0.2, 0.25) is 0 Å². The number of nitrogens with zero attached hydrogens (tertiary/aromatic N) is 2. The van der Waals surface area contributed by atoms with E-state index in [1.54, 1.807) is 32.4 Å². The summed E-state index contributed by atoms with van der Waals surface area (Å²) in [5.41, 5.74) is 2.55. The van der Waals surface area contributed by atoms with Crippen molar-refractivity contribution in [2.45, 2.75) is 19.4 Å². The van der Waals surface area contributed by atoms with Crippen LogP contribution in [-0.4, -0.2) is 43.7 Å². The van der Waals surface area contributed by atoms with E-state index in [1.807, 2.05) is 6.07 Å². The maximum atomic E-state index is 11.0. The van der Waals surface area contributed by atoms with Crippen molar-refractivity contribution in [1.82, 2.24) is 4.90 Å². The zero-order valence-electron chi connectivity index (χ0n) is 16.1. The van der Waals surface area contributed by atoms with Crippen molar-refractivity contribution in [2.75, 3.05) is 33.9 Å². The highest BCUT2D eigenvalue weighted by Crippen LogP contribution is 2.33. The van der Waals surface area contributed by atoms with Crippen LogP contribution < -0.4 is 14.2 Å². The van der Waals surface area contributed by atoms with Crippen molar-refractivity contribution in [3.05, 3.63) is 57.6 Å². The molecule has 1 aliphatic rings. The number of ether oxygens (including phenoxy) is 3. The smallest absolute Gasteiger partial charge is 0.310 e. The number of methoxy groups -OCH3 is 2. The summed E-state index contributed by atoms with van der Waals surface area (Å²) in [4.78, 5) is 13.0. The number of hydrogen-bond donors (Lipinski definition) is 0. The van der Waals surface area contributed by atoms with E-state index in [1.165, 1.54) is 17.2 Å². The molecule has 0 saturated heterocycles. The van der Waals surface area contributed by atoms with Gasteiger partial charge in [0.05, 0.1) is 25.7 Å². The molecular weight excluding hydrogens is 384 g/mol. The van der Waals surface area contributed by atoms with E-state index in [4.69, 9.17) is 14.2 Å². The molecule has 2 aromatic carbocycles. The molecule has 0 saturated carbocycles. The minimum Gasteiger partial charge on any atom is -0.493 e. The fourth-order valence-electron chi connectivity index (χ4n) is 3.33. The van der Waals surface area contributed by atoms with Crippen LogP contribution in [0.4, 0.5) is 5.69 Å². The Kier molecular flexibility index (Phi) is 7.90. The molecule has 28 heavy (non-hydrogen) atoms. The van der Waals surface area contributed by atoms with Gasteiger partial charge in [-0.05, 0) is 42.2 Å². The normalized spacial score (nSPS) is 13.2. The lowest BCUT2D eigenvalue weighted by Gasteiger charge is -2.29. The molecule has 0 spiro atoms. The molecule has 0 radical (unpaired) electrons. The highest BCUT2D eigenvalue weighted by Gasteiger charge is 2.19. The molecule has 152 valence electrons. The van der Waals surface area contributed by atoms with E-state index in [2.05, 4.69) is 11.0 Å². The lowest BCUT2D eigenvalue weighted by atomic mass is 9.98. The van der Waals surface area contributed by atoms with Gasteiger partial charge in [-0.1, -0.05) is 12.1 Å². The van der Waals surface area contributed by atoms with Crippen LogP contribution in [0.25, 0.3) is 0 Å². The van der Waals surface area contributed by atoms with Crippen LogP contribution in [0.3, 0.4) is 0 Å². The maximum absolute atomic E-state index is 11.0. The second-order valence-corrected chi connectivity index (χ2v) is 6.43. The lowest BCUT2D eigenvalue weighted by Crippen LogP contribution is -2.32. The summed E-state index contributed by atoms with van der Waals surface area (Å²) in [6, 6.07) is 10.6. The topological polar surface area (TPSA) is 74.1 Å². The molecule has 0 aliphatic carbocycles. The van der Waals surface area contributed by atoms with Crippen LogP contribution in [0.15, 0.2) is 36.4 Å². The van der Waals surface area contributed by atoms with Crippen molar-refractivity contribution in [3.63, 3.8) is 0 Å². The van der Waals surface area contributed by atoms with Crippen molar-refractivity contribution in [2.24, 2.45) is 0 Å². The van der Waals surface area contributed by atoms with Crippen molar-refractivity contribution >= 4 is 18.1 Å². The van der Waals surface area contributed by atoms with E-state index in [0.717, 1.165) is 44.0 Å². The molecule has 0 N–H and O–H groups in total. The van der Waals surface area contributed by atoms with Gasteiger partial charge in [-0.15, -0.1) is 12.4 Å². The van der Waals surface area contributed by atoms with Crippen molar-refractivity contribution < 1.29 is 19.1 Å². The first-order chi connectivity index (χ1) is 13.1. The quantitative estimate of drug-likeness (QED) is 0.375. The van der Waals surface area contributed by atoms with Gasteiger partial charge < -0.3 is 14.2 Å². The number of nitro groups is 1. The fourth-order valence-corrected chi connectivity index (χ4v) is 3.33. The molecule has 3 rings (SSSR count). The van der Waals surface area contributed by atoms with Crippen molar-refractivity contribution in [1.29, 1.82) is 0 Å². The van der Waals surface area contributed by atoms with E-state index in [-0.39, 0.29) is 18.1 Å². The summed E-state index contributed by atoms with van der Waals surface area (Å²) in [6.07, 6.45) is 1.76. The summed E-state index contributed by atoms with van der Waals surface area (Å²) >= 11 is 0. The molecule has 1 aliphatic heterocycles. The summed E-state index contributed by atoms with van der Waals surface area (Å²) < 4.78 is 16.4. The second-order valence-electron chi connectivity index (χ2n) is 6.43. The standard InChI is InChI=1S/C20H24N2O5.ClH/c1-25-19-12-15-8-10-21(14-16(15)13-20(19)26-2)9-5-11-27-18-7-4-3-6-17(18)22(23)24;/h3-4,6-7,12-13H,5,8-11,14H2,1-2H3;1H. The van der Waals surface area contributed by atoms with Gasteiger partial charge in [0.2, 0.25) is 0 Å². The highest BCUT2D eigenvalue weighted by molar-refractivity contribution is 5.85. The first-order valence-corrected chi connectivity index (χ1v) is 8.94. The first-order valence-electron chi connectivity index (χ1n) is 8.94. The minimum absolute atomic E-state index is 0. The number of fused-ring (bicyclic) bond motifs is 1. The number of para-hydroxylation sites is 2. The molecule has 0 atom stereocenters. The maximum Gasteiger partial charge on any atom is 0.310 e. The average Bonchev–Trinajstić information content (AvgIpc) is 2.70. The average molecular weight is 409 g/mol. The molecule has 0 aromatic heterocycles. The molecule has 7 nitrogen and oxygen atoms in total. The van der Waals surface area contributed by atoms with Crippen LogP contribution in [0, 0.1) is 10.1 Å². The lowest BCUT2D eigenvalue weighted by molar-refractivity contribution is -0.385. The van der Waals surface area contributed by atoms with Gasteiger partial charge in [0, 0.05) is 25.7 Å². The largest absolute Gasteiger partial charge is 0.493 e. The van der Waals surface area contributed by atoms with Gasteiger partial charge in [0.15, 0.2) is 17.2 Å². The number of rotatable bonds is 8. The third kappa shape index (κ3) is 5.05. The number of halogens is 1. The molecule has 0 amide bonds. The molecule has 8 heteroatoms. The van der Waals surface area contributed by atoms with Gasteiger partial charge in [-0.2, -0.15) is 0 Å². The van der Waals surface area contributed by atoms with Crippen LogP contribution in [-0.2, 0) is 13.0 Å². The predicted molar refractivity (Wildman–Crippen MR) is 109 cm³/mol. The Bertz CT molecular complexity index is 815. The van der Waals surface area contributed by atoms with E-state index in [0.29, 0.717) is 12.4 Å². The Morgan fingerprint density at radius 3 is 2.43 bits per heavy atom. The summed E-state index contributed by atoms with van der Waals surface area (Å²) in [5.74, 6) is 1.84. The van der Waals surface area contributed by atoms with Crippen LogP contribution >= 0.6 is 12.4 Å². The van der Waals surface area contributed by atoms with Crippen LogP contribution in [0.5, 0.6) is 17.2 Å². The molecule has 0 fully saturated rings. The number of hydrogen-bond acceptors (Lipinski definition) is 6. The van der Waals surface area contributed by atoms with Gasteiger partial charge in [0.25, 0.3) is 0 Å². The molecule has 1 heterocycles. The molecule has 0 bridgehead atoms. The monoisotopic (exact) mass is 408 g/mol. The Labute approximate surface area is 170 Å². The zero-order valence-corrected chi connectivity index (χ0v) is 16.9. The SMILES string of the molecule is COc1cc2c(cc1OC)CN(CCCOc1ccccc1[N+](=O)[O-])CC2.Cl. The van der Waals surface area contributed by atoms with Crippen LogP contribution in [0.1, 0.15) is 17.5 Å². The van der Waals surface area contributed by atoms with Gasteiger partial charge in [-0.25, -0.2) is 0 Å². The Balaban J connectivity index is 0.00000280. The zero-order chi connectivity index (χ0) is 19.2. The summed E-state index contributed by atoms with van der Waals surface area (Å²) in [5, 5.41) is 11.0. The Hall–Kier alpha value is -2.51. The Morgan fingerprint density at radius 1 is 1.07 bits per heavy atom. The van der Waals surface area contributed by atoms with E-state index in [9.17, 15) is 10.1 Å². The van der Waals surface area contributed by atoms with Gasteiger partial charge in [0.1, 0.15) is 0 Å². The Morgan fingerprint density at radius 2 is 1.75 bits per heavy atom. The van der Waals surface area contributed by atoms with E-state index >= 15 is 0 Å². The summed E-state index contributed by atoms with van der Waals surface area (Å²) in [7, 11) is 3.29. The molecule has 0 unspecified atom stereocenters. The highest BCUT2D eigenvalue weighted by atomic mass is 35.5. The fraction of sp³-hybridized carbons (Fsp3) is 0.400.